The van der Waals surface area contributed by atoms with Crippen LogP contribution < -0.4 is 4.74 Å². The molecule has 0 bridgehead atoms. The molecule has 2 N–H and O–H groups in total. The maximum Gasteiger partial charge on any atom is 0.294 e. The number of hydrogen-bond donors (Lipinski definition) is 2. The zero-order chi connectivity index (χ0) is 13.4. The Morgan fingerprint density at radius 3 is 3.16 bits per heavy atom. The molecule has 5 nitrogen and oxygen atoms in total. The lowest BCUT2D eigenvalue weighted by Crippen LogP contribution is -2.17. The third-order valence-electron chi connectivity index (χ3n) is 3.03. The van der Waals surface area contributed by atoms with E-state index in [9.17, 15) is 0 Å². The second-order valence-electron chi connectivity index (χ2n) is 4.44. The predicted molar refractivity (Wildman–Crippen MR) is 79.7 cm³/mol. The van der Waals surface area contributed by atoms with Crippen molar-refractivity contribution in [2.45, 2.75) is 18.6 Å². The molecule has 102 valence electrons. The molecule has 1 fully saturated rings. The summed E-state index contributed by atoms with van der Waals surface area (Å²) in [6.07, 6.45) is 0.461. The van der Waals surface area contributed by atoms with E-state index in [4.69, 9.17) is 26.2 Å². The van der Waals surface area contributed by atoms with E-state index in [0.29, 0.717) is 24.1 Å². The van der Waals surface area contributed by atoms with E-state index >= 15 is 0 Å². The van der Waals surface area contributed by atoms with Crippen LogP contribution in [0.2, 0.25) is 5.02 Å². The first-order valence-electron chi connectivity index (χ1n) is 5.89. The number of fused-ring (bicyclic) bond motifs is 1. The van der Waals surface area contributed by atoms with E-state index in [1.165, 1.54) is 0 Å². The smallest absolute Gasteiger partial charge is 0.294 e. The first kappa shape index (κ1) is 13.4. The van der Waals surface area contributed by atoms with E-state index < -0.39 is 0 Å². The van der Waals surface area contributed by atoms with E-state index in [-0.39, 0.29) is 18.8 Å². The van der Waals surface area contributed by atoms with Crippen molar-refractivity contribution in [1.29, 1.82) is 0 Å². The molecule has 3 rings (SSSR count). The van der Waals surface area contributed by atoms with Crippen LogP contribution in [0, 0.1) is 3.57 Å². The summed E-state index contributed by atoms with van der Waals surface area (Å²) in [7, 11) is 0. The topological polar surface area (TPSA) is 67.4 Å². The van der Waals surface area contributed by atoms with Gasteiger partial charge < -0.3 is 19.6 Å². The van der Waals surface area contributed by atoms with Crippen molar-refractivity contribution in [3.8, 4) is 6.01 Å². The Hall–Kier alpha value is -0.570. The van der Waals surface area contributed by atoms with Gasteiger partial charge >= 0.3 is 0 Å². The van der Waals surface area contributed by atoms with Crippen molar-refractivity contribution >= 4 is 45.2 Å². The van der Waals surface area contributed by atoms with Crippen LogP contribution in [0.5, 0.6) is 6.01 Å². The van der Waals surface area contributed by atoms with E-state index in [1.807, 2.05) is 12.1 Å². The molecular formula is C12H12ClIN2O3. The quantitative estimate of drug-likeness (QED) is 0.784. The molecule has 1 aromatic heterocycles. The zero-order valence-corrected chi connectivity index (χ0v) is 12.8. The zero-order valence-electron chi connectivity index (χ0n) is 9.90. The van der Waals surface area contributed by atoms with Gasteiger partial charge in [0.2, 0.25) is 0 Å². The van der Waals surface area contributed by atoms with Gasteiger partial charge in [-0.2, -0.15) is 4.98 Å². The lowest BCUT2D eigenvalue weighted by Gasteiger charge is -2.08. The summed E-state index contributed by atoms with van der Waals surface area (Å²) in [5.74, 6) is 0. The minimum Gasteiger partial charge on any atom is -0.459 e. The average molecular weight is 395 g/mol. The summed E-state index contributed by atoms with van der Waals surface area (Å²) in [5.41, 5.74) is 1.67. The molecular weight excluding hydrogens is 383 g/mol. The molecule has 0 spiro atoms. The number of halogens is 2. The number of aromatic amines is 1. The fourth-order valence-electron chi connectivity index (χ4n) is 2.08. The molecule has 1 aliphatic heterocycles. The van der Waals surface area contributed by atoms with Crippen molar-refractivity contribution in [2.75, 3.05) is 13.2 Å². The van der Waals surface area contributed by atoms with Gasteiger partial charge in [0.25, 0.3) is 6.01 Å². The number of aliphatic hydroxyl groups is 1. The number of imidazole rings is 1. The number of nitrogens with zero attached hydrogens (tertiary/aromatic N) is 1. The number of nitrogens with one attached hydrogen (secondary N) is 1. The van der Waals surface area contributed by atoms with Crippen molar-refractivity contribution in [3.05, 3.63) is 20.7 Å². The number of aliphatic hydroxyl groups excluding tert-OH is 1. The Balaban J connectivity index is 1.78. The number of benzene rings is 1. The molecule has 0 radical (unpaired) electrons. The van der Waals surface area contributed by atoms with Gasteiger partial charge in [-0.05, 0) is 34.7 Å². The molecule has 2 aromatic rings. The molecule has 1 aromatic carbocycles. The summed E-state index contributed by atoms with van der Waals surface area (Å²) >= 11 is 8.23. The van der Waals surface area contributed by atoms with Gasteiger partial charge in [-0.3, -0.25) is 0 Å². The number of ether oxygens (including phenoxy) is 2. The van der Waals surface area contributed by atoms with Crippen molar-refractivity contribution in [2.24, 2.45) is 0 Å². The molecule has 2 heterocycles. The first-order valence-corrected chi connectivity index (χ1v) is 7.35. The fourth-order valence-corrected chi connectivity index (χ4v) is 2.69. The van der Waals surface area contributed by atoms with Crippen molar-refractivity contribution in [1.82, 2.24) is 9.97 Å². The average Bonchev–Trinajstić information content (AvgIpc) is 2.97. The lowest BCUT2D eigenvalue weighted by molar-refractivity contribution is 0.0528. The Morgan fingerprint density at radius 2 is 2.42 bits per heavy atom. The number of aromatic nitrogens is 2. The van der Waals surface area contributed by atoms with Crippen LogP contribution in [-0.4, -0.2) is 40.5 Å². The van der Waals surface area contributed by atoms with Gasteiger partial charge in [0.05, 0.1) is 35.4 Å². The highest BCUT2D eigenvalue weighted by atomic mass is 127. The first-order chi connectivity index (χ1) is 9.15. The van der Waals surface area contributed by atoms with E-state index in [0.717, 1.165) is 14.6 Å². The minimum absolute atomic E-state index is 0.0216. The van der Waals surface area contributed by atoms with Gasteiger partial charge in [-0.25, -0.2) is 0 Å². The third-order valence-corrected chi connectivity index (χ3v) is 4.55. The van der Waals surface area contributed by atoms with Gasteiger partial charge in [0.1, 0.15) is 6.10 Å². The SMILES string of the molecule is OCC1C[C@H](Oc2nc3cc(I)c(Cl)cc3[nH]2)CO1. The van der Waals surface area contributed by atoms with Crippen molar-refractivity contribution in [3.63, 3.8) is 0 Å². The summed E-state index contributed by atoms with van der Waals surface area (Å²) in [6.45, 7) is 0.494. The number of hydrogen-bond acceptors (Lipinski definition) is 4. The molecule has 1 unspecified atom stereocenters. The van der Waals surface area contributed by atoms with Crippen LogP contribution in [-0.2, 0) is 4.74 Å². The summed E-state index contributed by atoms with van der Waals surface area (Å²) in [4.78, 5) is 7.45. The molecule has 0 saturated carbocycles. The van der Waals surface area contributed by atoms with Gasteiger partial charge in [-0.1, -0.05) is 11.6 Å². The number of H-pyrrole nitrogens is 1. The standard InChI is InChI=1S/C12H12ClIN2O3/c13-8-2-10-11(3-9(8)14)16-12(15-10)19-7-1-6(4-17)18-5-7/h2-3,6-7,17H,1,4-5H2,(H,15,16)/t6?,7-/m0/s1. The van der Waals surface area contributed by atoms with Crippen LogP contribution >= 0.6 is 34.2 Å². The summed E-state index contributed by atoms with van der Waals surface area (Å²) in [6, 6.07) is 4.20. The molecule has 7 heteroatoms. The Morgan fingerprint density at radius 1 is 1.58 bits per heavy atom. The second kappa shape index (κ2) is 5.43. The molecule has 2 atom stereocenters. The molecule has 0 aliphatic carbocycles. The van der Waals surface area contributed by atoms with E-state index in [1.54, 1.807) is 0 Å². The largest absolute Gasteiger partial charge is 0.459 e. The highest BCUT2D eigenvalue weighted by Gasteiger charge is 2.27. The van der Waals surface area contributed by atoms with Gasteiger partial charge in [-0.15, -0.1) is 0 Å². The van der Waals surface area contributed by atoms with Crippen molar-refractivity contribution < 1.29 is 14.6 Å². The Labute approximate surface area is 128 Å². The predicted octanol–water partition coefficient (Wildman–Crippen LogP) is 2.35. The molecule has 0 amide bonds. The summed E-state index contributed by atoms with van der Waals surface area (Å²) < 4.78 is 12.0. The maximum atomic E-state index is 9.01. The van der Waals surface area contributed by atoms with Crippen LogP contribution in [0.3, 0.4) is 0 Å². The maximum absolute atomic E-state index is 9.01. The molecule has 1 saturated heterocycles. The van der Waals surface area contributed by atoms with Crippen LogP contribution in [0.4, 0.5) is 0 Å². The van der Waals surface area contributed by atoms with Gasteiger partial charge in [0, 0.05) is 9.99 Å². The van der Waals surface area contributed by atoms with E-state index in [2.05, 4.69) is 32.6 Å². The summed E-state index contributed by atoms with van der Waals surface area (Å²) in [5, 5.41) is 9.69. The monoisotopic (exact) mass is 394 g/mol. The Bertz CT molecular complexity index is 565. The number of rotatable bonds is 3. The van der Waals surface area contributed by atoms with Crippen LogP contribution in [0.15, 0.2) is 12.1 Å². The van der Waals surface area contributed by atoms with Crippen LogP contribution in [0.1, 0.15) is 6.42 Å². The third kappa shape index (κ3) is 2.81. The van der Waals surface area contributed by atoms with Crippen LogP contribution in [0.25, 0.3) is 11.0 Å². The lowest BCUT2D eigenvalue weighted by atomic mass is 10.2. The Kier molecular flexibility index (Phi) is 3.84. The van der Waals surface area contributed by atoms with Gasteiger partial charge in [0.15, 0.2) is 0 Å². The highest BCUT2D eigenvalue weighted by molar-refractivity contribution is 14.1. The fraction of sp³-hybridized carbons (Fsp3) is 0.417. The minimum atomic E-state index is -0.134. The molecule has 1 aliphatic rings. The normalized spacial score (nSPS) is 23.1. The molecule has 19 heavy (non-hydrogen) atoms. The highest BCUT2D eigenvalue weighted by Crippen LogP contribution is 2.26. The second-order valence-corrected chi connectivity index (χ2v) is 6.01.